The number of unbranched alkanes of at least 4 members (excludes halogenated alkanes) is 5. The third-order valence-electron chi connectivity index (χ3n) is 4.56. The second-order valence-corrected chi connectivity index (χ2v) is 7.98. The van der Waals surface area contributed by atoms with Crippen LogP contribution in [0.3, 0.4) is 0 Å². The van der Waals surface area contributed by atoms with Crippen LogP contribution in [0.15, 0.2) is 14.7 Å². The Labute approximate surface area is 157 Å². The van der Waals surface area contributed by atoms with Crippen LogP contribution in [-0.4, -0.2) is 30.1 Å². The van der Waals surface area contributed by atoms with Crippen LogP contribution in [0, 0.1) is 0 Å². The van der Waals surface area contributed by atoms with Crippen molar-refractivity contribution in [1.82, 2.24) is 19.1 Å². The Bertz CT molecular complexity index is 881. The molecule has 0 aliphatic heterocycles. The minimum atomic E-state index is -0.483. The van der Waals surface area contributed by atoms with Gasteiger partial charge < -0.3 is 4.57 Å². The van der Waals surface area contributed by atoms with Gasteiger partial charge in [0.25, 0.3) is 5.56 Å². The Morgan fingerprint density at radius 3 is 2.50 bits per heavy atom. The fraction of sp³-hybridized carbons (Fsp3) is 0.667. The van der Waals surface area contributed by atoms with Crippen molar-refractivity contribution in [2.24, 2.45) is 7.05 Å². The summed E-state index contributed by atoms with van der Waals surface area (Å²) >= 11 is 1.33. The monoisotopic (exact) mass is 380 g/mol. The molecule has 2 rings (SSSR count). The number of aromatic nitrogens is 4. The standard InChI is InChI=1S/C18H28N4O3S/c1-5-6-7-8-9-10-11-22-14-15(21(4)17(25)20-16(14)24)19-18(22)26-13(3)12(2)23/h13H,5-11H2,1-4H3,(H,20,24,25). The smallest absolute Gasteiger partial charge is 0.313 e. The molecule has 0 bridgehead atoms. The Hall–Kier alpha value is -1.83. The van der Waals surface area contributed by atoms with Gasteiger partial charge in [0, 0.05) is 13.6 Å². The molecule has 0 aliphatic rings. The summed E-state index contributed by atoms with van der Waals surface area (Å²) in [6.45, 7) is 6.20. The van der Waals surface area contributed by atoms with Gasteiger partial charge >= 0.3 is 5.69 Å². The van der Waals surface area contributed by atoms with Gasteiger partial charge in [0.1, 0.15) is 5.78 Å². The van der Waals surface area contributed by atoms with Crippen LogP contribution in [0.4, 0.5) is 0 Å². The fourth-order valence-corrected chi connectivity index (χ4v) is 3.73. The SMILES string of the molecule is CCCCCCCCn1c(SC(C)C(C)=O)nc2c1c(=O)[nH]c(=O)n2C. The highest BCUT2D eigenvalue weighted by molar-refractivity contribution is 8.00. The summed E-state index contributed by atoms with van der Waals surface area (Å²) in [7, 11) is 1.59. The number of H-pyrrole nitrogens is 1. The van der Waals surface area contributed by atoms with Crippen LogP contribution in [0.5, 0.6) is 0 Å². The van der Waals surface area contributed by atoms with E-state index in [4.69, 9.17) is 0 Å². The molecule has 2 aromatic heterocycles. The van der Waals surface area contributed by atoms with Gasteiger partial charge in [-0.1, -0.05) is 50.8 Å². The summed E-state index contributed by atoms with van der Waals surface area (Å²) in [5.41, 5.74) is -0.145. The minimum Gasteiger partial charge on any atom is -0.313 e. The number of rotatable bonds is 10. The van der Waals surface area contributed by atoms with Gasteiger partial charge in [-0.05, 0) is 20.3 Å². The molecule has 26 heavy (non-hydrogen) atoms. The van der Waals surface area contributed by atoms with Gasteiger partial charge in [-0.25, -0.2) is 9.78 Å². The van der Waals surface area contributed by atoms with Crippen molar-refractivity contribution in [3.63, 3.8) is 0 Å². The van der Waals surface area contributed by atoms with Gasteiger partial charge in [0.2, 0.25) is 0 Å². The maximum Gasteiger partial charge on any atom is 0.329 e. The van der Waals surface area contributed by atoms with E-state index in [9.17, 15) is 14.4 Å². The third kappa shape index (κ3) is 4.66. The molecule has 0 radical (unpaired) electrons. The highest BCUT2D eigenvalue weighted by Gasteiger charge is 2.20. The highest BCUT2D eigenvalue weighted by Crippen LogP contribution is 2.26. The minimum absolute atomic E-state index is 0.0518. The number of ketones is 1. The summed E-state index contributed by atoms with van der Waals surface area (Å²) in [4.78, 5) is 42.7. The molecule has 0 spiro atoms. The number of imidazole rings is 1. The van der Waals surface area contributed by atoms with Crippen LogP contribution >= 0.6 is 11.8 Å². The average molecular weight is 381 g/mol. The largest absolute Gasteiger partial charge is 0.329 e. The Kier molecular flexibility index (Phi) is 7.25. The average Bonchev–Trinajstić information content (AvgIpc) is 2.94. The van der Waals surface area contributed by atoms with E-state index in [0.29, 0.717) is 22.9 Å². The first kappa shape index (κ1) is 20.5. The first-order valence-corrected chi connectivity index (χ1v) is 10.1. The van der Waals surface area contributed by atoms with Crippen molar-refractivity contribution in [3.8, 4) is 0 Å². The molecular weight excluding hydrogens is 352 g/mol. The maximum atomic E-state index is 12.4. The zero-order valence-corrected chi connectivity index (χ0v) is 16.8. The lowest BCUT2D eigenvalue weighted by Gasteiger charge is -2.10. The number of carbonyl (C=O) groups is 1. The van der Waals surface area contributed by atoms with E-state index < -0.39 is 11.2 Å². The van der Waals surface area contributed by atoms with Gasteiger partial charge in [-0.15, -0.1) is 0 Å². The predicted molar refractivity (Wildman–Crippen MR) is 105 cm³/mol. The van der Waals surface area contributed by atoms with Crippen LogP contribution < -0.4 is 11.2 Å². The molecule has 1 atom stereocenters. The van der Waals surface area contributed by atoms with Crippen molar-refractivity contribution >= 4 is 28.7 Å². The summed E-state index contributed by atoms with van der Waals surface area (Å²) in [6, 6.07) is 0. The highest BCUT2D eigenvalue weighted by atomic mass is 32.2. The van der Waals surface area contributed by atoms with E-state index in [1.807, 2.05) is 11.5 Å². The van der Waals surface area contributed by atoms with Gasteiger partial charge in [0.05, 0.1) is 5.25 Å². The lowest BCUT2D eigenvalue weighted by Crippen LogP contribution is -2.29. The summed E-state index contributed by atoms with van der Waals surface area (Å²) in [5.74, 6) is 0.0518. The number of aromatic amines is 1. The number of carbonyl (C=O) groups excluding carboxylic acids is 1. The van der Waals surface area contributed by atoms with Crippen LogP contribution in [0.2, 0.25) is 0 Å². The first-order chi connectivity index (χ1) is 12.4. The number of hydrogen-bond acceptors (Lipinski definition) is 5. The second kappa shape index (κ2) is 9.21. The molecule has 0 saturated heterocycles. The molecule has 0 aromatic carbocycles. The molecule has 144 valence electrons. The number of hydrogen-bond donors (Lipinski definition) is 1. The molecule has 1 N–H and O–H groups in total. The molecule has 0 fully saturated rings. The summed E-state index contributed by atoms with van der Waals surface area (Å²) < 4.78 is 3.20. The Morgan fingerprint density at radius 1 is 1.19 bits per heavy atom. The summed E-state index contributed by atoms with van der Waals surface area (Å²) in [5, 5.41) is 0.356. The lowest BCUT2D eigenvalue weighted by atomic mass is 10.1. The number of nitrogens with zero attached hydrogens (tertiary/aromatic N) is 3. The topological polar surface area (TPSA) is 89.8 Å². The Balaban J connectivity index is 2.34. The second-order valence-electron chi connectivity index (χ2n) is 6.68. The Morgan fingerprint density at radius 2 is 1.85 bits per heavy atom. The molecular formula is C18H28N4O3S. The van der Waals surface area contributed by atoms with E-state index in [-0.39, 0.29) is 11.0 Å². The van der Waals surface area contributed by atoms with Crippen molar-refractivity contribution in [3.05, 3.63) is 20.8 Å². The molecule has 1 unspecified atom stereocenters. The quantitative estimate of drug-likeness (QED) is 0.506. The van der Waals surface area contributed by atoms with E-state index >= 15 is 0 Å². The van der Waals surface area contributed by atoms with E-state index in [2.05, 4.69) is 16.9 Å². The molecule has 8 heteroatoms. The number of fused-ring (bicyclic) bond motifs is 1. The van der Waals surface area contributed by atoms with E-state index in [0.717, 1.165) is 12.8 Å². The number of thioether (sulfide) groups is 1. The first-order valence-electron chi connectivity index (χ1n) is 9.23. The molecule has 0 amide bonds. The van der Waals surface area contributed by atoms with Crippen LogP contribution in [-0.2, 0) is 18.4 Å². The summed E-state index contributed by atoms with van der Waals surface area (Å²) in [6.07, 6.45) is 6.85. The molecule has 0 aliphatic carbocycles. The van der Waals surface area contributed by atoms with Crippen molar-refractivity contribution in [2.75, 3.05) is 0 Å². The van der Waals surface area contributed by atoms with Gasteiger partial charge in [-0.2, -0.15) is 0 Å². The number of nitrogens with one attached hydrogen (secondary N) is 1. The third-order valence-corrected chi connectivity index (χ3v) is 5.77. The maximum absolute atomic E-state index is 12.4. The van der Waals surface area contributed by atoms with Crippen molar-refractivity contribution in [2.45, 2.75) is 76.2 Å². The zero-order chi connectivity index (χ0) is 19.3. The molecule has 2 aromatic rings. The zero-order valence-electron chi connectivity index (χ0n) is 16.0. The number of Topliss-reactive ketones (excluding diaryl/α,β-unsaturated/α-hetero) is 1. The fourth-order valence-electron chi connectivity index (χ4n) is 2.80. The molecule has 0 saturated carbocycles. The van der Waals surface area contributed by atoms with Crippen molar-refractivity contribution < 1.29 is 4.79 Å². The number of aryl methyl sites for hydroxylation is 2. The van der Waals surface area contributed by atoms with Crippen LogP contribution in [0.25, 0.3) is 11.2 Å². The predicted octanol–water partition coefficient (Wildman–Crippen LogP) is 2.85. The molecule has 2 heterocycles. The van der Waals surface area contributed by atoms with Crippen molar-refractivity contribution in [1.29, 1.82) is 0 Å². The van der Waals surface area contributed by atoms with Gasteiger partial charge in [0.15, 0.2) is 16.3 Å². The van der Waals surface area contributed by atoms with Gasteiger partial charge in [-0.3, -0.25) is 19.1 Å². The van der Waals surface area contributed by atoms with Crippen LogP contribution in [0.1, 0.15) is 59.3 Å². The lowest BCUT2D eigenvalue weighted by molar-refractivity contribution is -0.116. The molecule has 7 nitrogen and oxygen atoms in total. The van der Waals surface area contributed by atoms with E-state index in [1.165, 1.54) is 42.0 Å². The van der Waals surface area contributed by atoms with E-state index in [1.54, 1.807) is 14.0 Å². The normalized spacial score (nSPS) is 12.6.